The summed E-state index contributed by atoms with van der Waals surface area (Å²) in [6.07, 6.45) is 4.52. The van der Waals surface area contributed by atoms with Crippen LogP contribution >= 0.6 is 11.6 Å². The van der Waals surface area contributed by atoms with Gasteiger partial charge in [-0.1, -0.05) is 24.9 Å². The van der Waals surface area contributed by atoms with Gasteiger partial charge in [0, 0.05) is 29.7 Å². The highest BCUT2D eigenvalue weighted by atomic mass is 35.5. The van der Waals surface area contributed by atoms with E-state index >= 15 is 0 Å². The van der Waals surface area contributed by atoms with Crippen molar-refractivity contribution in [3.05, 3.63) is 28.8 Å². The van der Waals surface area contributed by atoms with Gasteiger partial charge in [0.05, 0.1) is 0 Å². The molecule has 2 N–H and O–H groups in total. The summed E-state index contributed by atoms with van der Waals surface area (Å²) in [4.78, 5) is 11.7. The van der Waals surface area contributed by atoms with Crippen LogP contribution in [-0.2, 0) is 11.3 Å². The average molecular weight is 311 g/mol. The Balaban J connectivity index is 1.84. The van der Waals surface area contributed by atoms with Crippen LogP contribution in [0.5, 0.6) is 5.75 Å². The van der Waals surface area contributed by atoms with Crippen LogP contribution in [0.2, 0.25) is 5.02 Å². The zero-order valence-corrected chi connectivity index (χ0v) is 13.2. The van der Waals surface area contributed by atoms with Crippen molar-refractivity contribution in [3.8, 4) is 5.75 Å². The lowest BCUT2D eigenvalue weighted by Gasteiger charge is -2.12. The molecule has 0 unspecified atom stereocenters. The van der Waals surface area contributed by atoms with Crippen molar-refractivity contribution in [1.82, 2.24) is 10.6 Å². The van der Waals surface area contributed by atoms with Crippen LogP contribution < -0.4 is 15.4 Å². The van der Waals surface area contributed by atoms with Crippen molar-refractivity contribution < 1.29 is 9.53 Å². The van der Waals surface area contributed by atoms with E-state index in [2.05, 4.69) is 17.6 Å². The number of amides is 1. The summed E-state index contributed by atoms with van der Waals surface area (Å²) in [7, 11) is 0. The fraction of sp³-hybridized carbons (Fsp3) is 0.562. The molecule has 1 saturated carbocycles. The molecule has 4 nitrogen and oxygen atoms in total. The largest absolute Gasteiger partial charge is 0.483 e. The first-order valence-electron chi connectivity index (χ1n) is 7.60. The third-order valence-corrected chi connectivity index (χ3v) is 3.63. The van der Waals surface area contributed by atoms with Crippen molar-refractivity contribution in [2.45, 2.75) is 45.2 Å². The first-order valence-corrected chi connectivity index (χ1v) is 7.98. The Bertz CT molecular complexity index is 475. The van der Waals surface area contributed by atoms with E-state index in [1.54, 1.807) is 6.07 Å². The molecule has 0 aliphatic heterocycles. The van der Waals surface area contributed by atoms with E-state index in [1.807, 2.05) is 12.1 Å². The molecule has 0 heterocycles. The first-order chi connectivity index (χ1) is 10.2. The molecule has 5 heteroatoms. The molecule has 1 aliphatic rings. The smallest absolute Gasteiger partial charge is 0.257 e. The van der Waals surface area contributed by atoms with Crippen LogP contribution in [-0.4, -0.2) is 25.1 Å². The molecular formula is C16H23ClN2O2. The fourth-order valence-corrected chi connectivity index (χ4v) is 2.16. The summed E-state index contributed by atoms with van der Waals surface area (Å²) in [6, 6.07) is 6.12. The number of hydrogen-bond acceptors (Lipinski definition) is 3. The second kappa shape index (κ2) is 8.25. The van der Waals surface area contributed by atoms with Crippen LogP contribution in [0.25, 0.3) is 0 Å². The molecule has 21 heavy (non-hydrogen) atoms. The van der Waals surface area contributed by atoms with E-state index in [0.29, 0.717) is 17.6 Å². The Morgan fingerprint density at radius 1 is 1.43 bits per heavy atom. The van der Waals surface area contributed by atoms with Gasteiger partial charge in [-0.2, -0.15) is 0 Å². The van der Waals surface area contributed by atoms with Crippen LogP contribution in [0.3, 0.4) is 0 Å². The molecule has 0 radical (unpaired) electrons. The second-order valence-corrected chi connectivity index (χ2v) is 5.84. The SMILES string of the molecule is CCCCNC(=O)COc1ccc(Cl)cc1CNC1CC1. The van der Waals surface area contributed by atoms with E-state index in [4.69, 9.17) is 16.3 Å². The van der Waals surface area contributed by atoms with Crippen molar-refractivity contribution in [1.29, 1.82) is 0 Å². The van der Waals surface area contributed by atoms with E-state index in [0.717, 1.165) is 30.7 Å². The number of halogens is 1. The highest BCUT2D eigenvalue weighted by Crippen LogP contribution is 2.25. The molecular weight excluding hydrogens is 288 g/mol. The van der Waals surface area contributed by atoms with Crippen LogP contribution in [0, 0.1) is 0 Å². The lowest BCUT2D eigenvalue weighted by atomic mass is 10.2. The maximum Gasteiger partial charge on any atom is 0.257 e. The van der Waals surface area contributed by atoms with E-state index in [9.17, 15) is 4.79 Å². The third kappa shape index (κ3) is 5.94. The predicted octanol–water partition coefficient (Wildman–Crippen LogP) is 2.89. The summed E-state index contributed by atoms with van der Waals surface area (Å²) in [5.41, 5.74) is 0.996. The number of nitrogens with one attached hydrogen (secondary N) is 2. The van der Waals surface area contributed by atoms with Crippen molar-refractivity contribution in [3.63, 3.8) is 0 Å². The molecule has 1 aromatic carbocycles. The lowest BCUT2D eigenvalue weighted by Crippen LogP contribution is -2.29. The molecule has 1 aromatic rings. The average Bonchev–Trinajstić information content (AvgIpc) is 3.28. The minimum absolute atomic E-state index is 0.0434. The predicted molar refractivity (Wildman–Crippen MR) is 84.7 cm³/mol. The third-order valence-electron chi connectivity index (χ3n) is 3.39. The minimum Gasteiger partial charge on any atom is -0.483 e. The topological polar surface area (TPSA) is 50.4 Å². The summed E-state index contributed by atoms with van der Waals surface area (Å²) in [5, 5.41) is 6.95. The van der Waals surface area contributed by atoms with Gasteiger partial charge in [-0.15, -0.1) is 0 Å². The van der Waals surface area contributed by atoms with Crippen LogP contribution in [0.4, 0.5) is 0 Å². The molecule has 0 spiro atoms. The number of benzene rings is 1. The Labute approximate surface area is 131 Å². The van der Waals surface area contributed by atoms with E-state index in [-0.39, 0.29) is 12.5 Å². The molecule has 0 saturated heterocycles. The highest BCUT2D eigenvalue weighted by Gasteiger charge is 2.20. The number of ether oxygens (including phenoxy) is 1. The monoisotopic (exact) mass is 310 g/mol. The van der Waals surface area contributed by atoms with E-state index in [1.165, 1.54) is 12.8 Å². The molecule has 0 bridgehead atoms. The van der Waals surface area contributed by atoms with Crippen molar-refractivity contribution >= 4 is 17.5 Å². The van der Waals surface area contributed by atoms with Gasteiger partial charge in [-0.05, 0) is 37.5 Å². The number of carbonyl (C=O) groups is 1. The fourth-order valence-electron chi connectivity index (χ4n) is 1.97. The van der Waals surface area contributed by atoms with Gasteiger partial charge in [0.15, 0.2) is 6.61 Å². The van der Waals surface area contributed by atoms with Gasteiger partial charge in [0.1, 0.15) is 5.75 Å². The van der Waals surface area contributed by atoms with Crippen LogP contribution in [0.1, 0.15) is 38.2 Å². The Kier molecular flexibility index (Phi) is 6.33. The molecule has 0 aromatic heterocycles. The first kappa shape index (κ1) is 16.1. The standard InChI is InChI=1S/C16H23ClN2O2/c1-2-3-8-18-16(20)11-21-15-7-4-13(17)9-12(15)10-19-14-5-6-14/h4,7,9,14,19H,2-3,5-6,8,10-11H2,1H3,(H,18,20). The normalized spacial score (nSPS) is 14.0. The Morgan fingerprint density at radius 3 is 2.95 bits per heavy atom. The maximum absolute atomic E-state index is 11.7. The molecule has 0 atom stereocenters. The quantitative estimate of drug-likeness (QED) is 0.690. The Hall–Kier alpha value is -1.26. The van der Waals surface area contributed by atoms with Gasteiger partial charge < -0.3 is 15.4 Å². The second-order valence-electron chi connectivity index (χ2n) is 5.40. The van der Waals surface area contributed by atoms with E-state index < -0.39 is 0 Å². The number of rotatable bonds is 9. The van der Waals surface area contributed by atoms with Crippen molar-refractivity contribution in [2.24, 2.45) is 0 Å². The van der Waals surface area contributed by atoms with Gasteiger partial charge in [-0.3, -0.25) is 4.79 Å². The molecule has 2 rings (SSSR count). The highest BCUT2D eigenvalue weighted by molar-refractivity contribution is 6.30. The Morgan fingerprint density at radius 2 is 2.24 bits per heavy atom. The molecule has 1 fully saturated rings. The zero-order chi connectivity index (χ0) is 15.1. The van der Waals surface area contributed by atoms with Crippen LogP contribution in [0.15, 0.2) is 18.2 Å². The zero-order valence-electron chi connectivity index (χ0n) is 12.5. The maximum atomic E-state index is 11.7. The van der Waals surface area contributed by atoms with Gasteiger partial charge >= 0.3 is 0 Å². The molecule has 1 aliphatic carbocycles. The minimum atomic E-state index is -0.0838. The lowest BCUT2D eigenvalue weighted by molar-refractivity contribution is -0.123. The summed E-state index contributed by atoms with van der Waals surface area (Å²) in [5.74, 6) is 0.637. The van der Waals surface area contributed by atoms with Crippen molar-refractivity contribution in [2.75, 3.05) is 13.2 Å². The molecule has 116 valence electrons. The summed E-state index contributed by atoms with van der Waals surface area (Å²) < 4.78 is 5.63. The molecule has 1 amide bonds. The number of hydrogen-bond donors (Lipinski definition) is 2. The van der Waals surface area contributed by atoms with Gasteiger partial charge in [0.2, 0.25) is 0 Å². The van der Waals surface area contributed by atoms with Gasteiger partial charge in [-0.25, -0.2) is 0 Å². The van der Waals surface area contributed by atoms with Gasteiger partial charge in [0.25, 0.3) is 5.91 Å². The summed E-state index contributed by atoms with van der Waals surface area (Å²) >= 11 is 6.03. The number of unbranched alkanes of at least 4 members (excludes halogenated alkanes) is 1. The number of carbonyl (C=O) groups excluding carboxylic acids is 1. The summed E-state index contributed by atoms with van der Waals surface area (Å²) in [6.45, 7) is 3.56.